The molecule has 2 N–H and O–H groups in total. The van der Waals surface area contributed by atoms with Gasteiger partial charge in [-0.3, -0.25) is 0 Å². The topological polar surface area (TPSA) is 53.6 Å². The molecule has 0 bridgehead atoms. The van der Waals surface area contributed by atoms with E-state index in [9.17, 15) is 0 Å². The molecule has 0 saturated carbocycles. The van der Waals surface area contributed by atoms with Gasteiger partial charge in [0, 0.05) is 12.6 Å². The zero-order valence-corrected chi connectivity index (χ0v) is 11.3. The largest absolute Gasteiger partial charge is 0.373 e. The van der Waals surface area contributed by atoms with Crippen LogP contribution in [-0.2, 0) is 0 Å². The predicted molar refractivity (Wildman–Crippen MR) is 78.3 cm³/mol. The maximum absolute atomic E-state index is 4.59. The monoisotopic (exact) mass is 252 g/mol. The van der Waals surface area contributed by atoms with Gasteiger partial charge < -0.3 is 10.3 Å². The number of aromatic amines is 1. The Kier molecular flexibility index (Phi) is 2.71. The molecule has 0 aliphatic carbocycles. The van der Waals surface area contributed by atoms with Crippen molar-refractivity contribution < 1.29 is 0 Å². The van der Waals surface area contributed by atoms with Crippen LogP contribution < -0.4 is 5.32 Å². The van der Waals surface area contributed by atoms with E-state index in [0.717, 1.165) is 28.4 Å². The van der Waals surface area contributed by atoms with Crippen molar-refractivity contribution in [3.05, 3.63) is 41.5 Å². The van der Waals surface area contributed by atoms with E-state index in [1.54, 1.807) is 0 Å². The van der Waals surface area contributed by atoms with Crippen LogP contribution in [0.5, 0.6) is 0 Å². The van der Waals surface area contributed by atoms with Gasteiger partial charge in [-0.05, 0) is 37.1 Å². The molecule has 1 aromatic carbocycles. The highest BCUT2D eigenvalue weighted by atomic mass is 15.0. The van der Waals surface area contributed by atoms with Crippen molar-refractivity contribution >= 4 is 17.0 Å². The summed E-state index contributed by atoms with van der Waals surface area (Å²) < 4.78 is 0. The number of hydrogen-bond acceptors (Lipinski definition) is 3. The highest BCUT2D eigenvalue weighted by Gasteiger charge is 2.09. The van der Waals surface area contributed by atoms with Gasteiger partial charge in [0.05, 0.1) is 5.52 Å². The molecule has 19 heavy (non-hydrogen) atoms. The second kappa shape index (κ2) is 4.39. The Morgan fingerprint density at radius 3 is 2.68 bits per heavy atom. The molecular weight excluding hydrogens is 236 g/mol. The lowest BCUT2D eigenvalue weighted by Gasteiger charge is -2.04. The lowest BCUT2D eigenvalue weighted by atomic mass is 10.0. The van der Waals surface area contributed by atoms with E-state index in [-0.39, 0.29) is 0 Å². The van der Waals surface area contributed by atoms with Crippen molar-refractivity contribution in [2.24, 2.45) is 0 Å². The minimum absolute atomic E-state index is 0.739. The number of aromatic nitrogens is 3. The number of aryl methyl sites for hydroxylation is 1. The van der Waals surface area contributed by atoms with Gasteiger partial charge in [-0.25, -0.2) is 9.97 Å². The van der Waals surface area contributed by atoms with Gasteiger partial charge in [-0.2, -0.15) is 0 Å². The van der Waals surface area contributed by atoms with E-state index >= 15 is 0 Å². The Hall–Kier alpha value is -2.36. The van der Waals surface area contributed by atoms with Crippen LogP contribution in [0.15, 0.2) is 30.3 Å². The molecule has 0 aliphatic heterocycles. The van der Waals surface area contributed by atoms with Gasteiger partial charge in [0.2, 0.25) is 0 Å². The third kappa shape index (κ3) is 1.95. The first-order valence-electron chi connectivity index (χ1n) is 6.30. The molecule has 3 rings (SSSR count). The molecule has 0 unspecified atom stereocenters. The number of hydrogen-bond donors (Lipinski definition) is 2. The van der Waals surface area contributed by atoms with Crippen molar-refractivity contribution in [2.75, 3.05) is 12.4 Å². The van der Waals surface area contributed by atoms with Gasteiger partial charge in [0.15, 0.2) is 5.65 Å². The quantitative estimate of drug-likeness (QED) is 0.736. The van der Waals surface area contributed by atoms with Crippen LogP contribution in [0.25, 0.3) is 22.6 Å². The van der Waals surface area contributed by atoms with E-state index in [0.29, 0.717) is 0 Å². The number of nitrogens with one attached hydrogen (secondary N) is 2. The van der Waals surface area contributed by atoms with E-state index in [1.807, 2.05) is 19.2 Å². The van der Waals surface area contributed by atoms with Crippen molar-refractivity contribution in [3.63, 3.8) is 0 Å². The summed E-state index contributed by atoms with van der Waals surface area (Å²) >= 11 is 0. The standard InChI is InChI=1S/C15H16N4/c1-9-5-4-6-11(10(9)2)14-17-12-7-8-13(16-3)18-15(12)19-14/h4-8H,1-3H3,(H2,16,17,18,19). The number of pyridine rings is 1. The fourth-order valence-electron chi connectivity index (χ4n) is 2.17. The summed E-state index contributed by atoms with van der Waals surface area (Å²) in [5, 5.41) is 3.02. The third-order valence-corrected chi connectivity index (χ3v) is 3.46. The van der Waals surface area contributed by atoms with Crippen molar-refractivity contribution in [1.82, 2.24) is 15.0 Å². The highest BCUT2D eigenvalue weighted by molar-refractivity contribution is 5.78. The average molecular weight is 252 g/mol. The summed E-state index contributed by atoms with van der Waals surface area (Å²) in [5.41, 5.74) is 5.33. The molecule has 0 radical (unpaired) electrons. The van der Waals surface area contributed by atoms with Crippen molar-refractivity contribution in [1.29, 1.82) is 0 Å². The van der Waals surface area contributed by atoms with Crippen LogP contribution in [0, 0.1) is 13.8 Å². The Labute approximate surface area is 111 Å². The molecule has 0 aliphatic rings. The zero-order valence-electron chi connectivity index (χ0n) is 11.3. The maximum Gasteiger partial charge on any atom is 0.180 e. The first-order valence-corrected chi connectivity index (χ1v) is 6.30. The minimum atomic E-state index is 0.739. The maximum atomic E-state index is 4.59. The summed E-state index contributed by atoms with van der Waals surface area (Å²) in [6.07, 6.45) is 0. The number of anilines is 1. The normalized spacial score (nSPS) is 10.9. The van der Waals surface area contributed by atoms with E-state index in [1.165, 1.54) is 11.1 Å². The summed E-state index contributed by atoms with van der Waals surface area (Å²) in [5.74, 6) is 1.70. The average Bonchev–Trinajstić information content (AvgIpc) is 2.84. The molecule has 0 fully saturated rings. The van der Waals surface area contributed by atoms with Gasteiger partial charge in [0.1, 0.15) is 11.6 Å². The van der Waals surface area contributed by atoms with Crippen LogP contribution in [0.2, 0.25) is 0 Å². The Morgan fingerprint density at radius 1 is 1.05 bits per heavy atom. The summed E-state index contributed by atoms with van der Waals surface area (Å²) in [7, 11) is 1.85. The van der Waals surface area contributed by atoms with Gasteiger partial charge in [0.25, 0.3) is 0 Å². The molecule has 0 amide bonds. The summed E-state index contributed by atoms with van der Waals surface area (Å²) in [6.45, 7) is 4.23. The molecule has 3 aromatic rings. The number of fused-ring (bicyclic) bond motifs is 1. The second-order valence-corrected chi connectivity index (χ2v) is 4.65. The molecule has 2 aromatic heterocycles. The molecule has 4 heteroatoms. The summed E-state index contributed by atoms with van der Waals surface area (Å²) in [6, 6.07) is 10.2. The second-order valence-electron chi connectivity index (χ2n) is 4.65. The van der Waals surface area contributed by atoms with Gasteiger partial charge >= 0.3 is 0 Å². The highest BCUT2D eigenvalue weighted by Crippen LogP contribution is 2.25. The fourth-order valence-corrected chi connectivity index (χ4v) is 2.17. The van der Waals surface area contributed by atoms with Crippen LogP contribution in [0.1, 0.15) is 11.1 Å². The number of nitrogens with zero attached hydrogens (tertiary/aromatic N) is 2. The first kappa shape index (κ1) is 11.7. The van der Waals surface area contributed by atoms with Crippen LogP contribution >= 0.6 is 0 Å². The van der Waals surface area contributed by atoms with Crippen molar-refractivity contribution in [3.8, 4) is 11.4 Å². The van der Waals surface area contributed by atoms with Crippen LogP contribution in [-0.4, -0.2) is 22.0 Å². The van der Waals surface area contributed by atoms with Crippen LogP contribution in [0.3, 0.4) is 0 Å². The lowest BCUT2D eigenvalue weighted by Crippen LogP contribution is -1.91. The minimum Gasteiger partial charge on any atom is -0.373 e. The number of imidazole rings is 1. The van der Waals surface area contributed by atoms with E-state index in [4.69, 9.17) is 0 Å². The SMILES string of the molecule is CNc1ccc2[nH]c(-c3cccc(C)c3C)nc2n1. The fraction of sp³-hybridized carbons (Fsp3) is 0.200. The molecule has 0 atom stereocenters. The lowest BCUT2D eigenvalue weighted by molar-refractivity contribution is 1.26. The Balaban J connectivity index is 2.18. The molecule has 0 saturated heterocycles. The Morgan fingerprint density at radius 2 is 1.89 bits per heavy atom. The predicted octanol–water partition coefficient (Wildman–Crippen LogP) is 3.28. The molecule has 2 heterocycles. The smallest absolute Gasteiger partial charge is 0.180 e. The van der Waals surface area contributed by atoms with E-state index < -0.39 is 0 Å². The first-order chi connectivity index (χ1) is 9.19. The van der Waals surface area contributed by atoms with E-state index in [2.05, 4.69) is 52.3 Å². The molecular formula is C15H16N4. The third-order valence-electron chi connectivity index (χ3n) is 3.46. The molecule has 4 nitrogen and oxygen atoms in total. The van der Waals surface area contributed by atoms with Crippen molar-refractivity contribution in [2.45, 2.75) is 13.8 Å². The molecule has 0 spiro atoms. The number of H-pyrrole nitrogens is 1. The van der Waals surface area contributed by atoms with Gasteiger partial charge in [-0.15, -0.1) is 0 Å². The molecule has 96 valence electrons. The zero-order chi connectivity index (χ0) is 13.4. The van der Waals surface area contributed by atoms with Gasteiger partial charge in [-0.1, -0.05) is 18.2 Å². The number of rotatable bonds is 2. The van der Waals surface area contributed by atoms with Crippen LogP contribution in [0.4, 0.5) is 5.82 Å². The Bertz CT molecular complexity index is 743. The summed E-state index contributed by atoms with van der Waals surface area (Å²) in [4.78, 5) is 12.4. The number of benzene rings is 1.